The smallest absolute Gasteiger partial charge is 0.222 e. The molecule has 0 aliphatic carbocycles. The maximum atomic E-state index is 11.3. The number of amides is 1. The first-order valence-electron chi connectivity index (χ1n) is 4.92. The molecule has 0 bridgehead atoms. The molecule has 1 rings (SSSR count). The third kappa shape index (κ3) is 2.97. The number of piperazine rings is 1. The molecule has 0 unspecified atom stereocenters. The van der Waals surface area contributed by atoms with Crippen molar-refractivity contribution in [1.29, 1.82) is 0 Å². The second-order valence-corrected chi connectivity index (χ2v) is 3.33. The van der Waals surface area contributed by atoms with Gasteiger partial charge in [-0.1, -0.05) is 6.92 Å². The van der Waals surface area contributed by atoms with Crippen molar-refractivity contribution in [3.63, 3.8) is 0 Å². The van der Waals surface area contributed by atoms with E-state index in [9.17, 15) is 4.79 Å². The molecule has 0 saturated carbocycles. The molecular formula is C9H18N3O. The highest BCUT2D eigenvalue weighted by molar-refractivity contribution is 5.75. The lowest BCUT2D eigenvalue weighted by molar-refractivity contribution is -0.132. The maximum Gasteiger partial charge on any atom is 0.222 e. The minimum Gasteiger partial charge on any atom is -0.340 e. The van der Waals surface area contributed by atoms with Gasteiger partial charge in [-0.15, -0.1) is 0 Å². The van der Waals surface area contributed by atoms with Crippen molar-refractivity contribution in [2.24, 2.45) is 0 Å². The molecule has 1 aliphatic rings. The first kappa shape index (κ1) is 10.5. The van der Waals surface area contributed by atoms with Crippen LogP contribution in [0.5, 0.6) is 0 Å². The van der Waals surface area contributed by atoms with Crippen molar-refractivity contribution in [1.82, 2.24) is 15.5 Å². The summed E-state index contributed by atoms with van der Waals surface area (Å²) in [6.07, 6.45) is 0.610. The Morgan fingerprint density at radius 2 is 1.92 bits per heavy atom. The van der Waals surface area contributed by atoms with Gasteiger partial charge in [0.25, 0.3) is 0 Å². The third-order valence-electron chi connectivity index (χ3n) is 2.46. The molecule has 1 radical (unpaired) electrons. The number of carbonyl (C=O) groups excluding carboxylic acids is 1. The van der Waals surface area contributed by atoms with Gasteiger partial charge in [-0.05, 0) is 0 Å². The Morgan fingerprint density at radius 1 is 1.31 bits per heavy atom. The van der Waals surface area contributed by atoms with Gasteiger partial charge in [0.05, 0.1) is 0 Å². The summed E-state index contributed by atoms with van der Waals surface area (Å²) in [7, 11) is 0. The molecule has 75 valence electrons. The molecule has 13 heavy (non-hydrogen) atoms. The fraction of sp³-hybridized carbons (Fsp3) is 0.889. The highest BCUT2D eigenvalue weighted by Gasteiger charge is 2.18. The number of rotatable bonds is 3. The van der Waals surface area contributed by atoms with Crippen LogP contribution in [0.25, 0.3) is 0 Å². The Morgan fingerprint density at radius 3 is 2.38 bits per heavy atom. The summed E-state index contributed by atoms with van der Waals surface area (Å²) in [5.74, 6) is 0.255. The molecule has 1 N–H and O–H groups in total. The molecule has 4 heteroatoms. The monoisotopic (exact) mass is 184 g/mol. The lowest BCUT2D eigenvalue weighted by Crippen LogP contribution is -2.49. The van der Waals surface area contributed by atoms with Crippen molar-refractivity contribution in [3.05, 3.63) is 0 Å². The van der Waals surface area contributed by atoms with Crippen LogP contribution in [0, 0.1) is 0 Å². The fourth-order valence-electron chi connectivity index (χ4n) is 1.60. The van der Waals surface area contributed by atoms with E-state index >= 15 is 0 Å². The van der Waals surface area contributed by atoms with Crippen LogP contribution in [-0.2, 0) is 4.79 Å². The number of hydrogen-bond acceptors (Lipinski definition) is 2. The topological polar surface area (TPSA) is 47.4 Å². The van der Waals surface area contributed by atoms with Crippen LogP contribution in [0.3, 0.4) is 0 Å². The number of nitrogens with one attached hydrogen (secondary N) is 1. The minimum atomic E-state index is 0.255. The highest BCUT2D eigenvalue weighted by atomic mass is 16.2. The van der Waals surface area contributed by atoms with Crippen molar-refractivity contribution in [2.75, 3.05) is 39.3 Å². The Hall–Kier alpha value is -0.610. The lowest BCUT2D eigenvalue weighted by atomic mass is 10.3. The van der Waals surface area contributed by atoms with E-state index in [0.29, 0.717) is 13.0 Å². The molecule has 1 heterocycles. The normalized spacial score (nSPS) is 19.1. The Balaban J connectivity index is 2.26. The largest absolute Gasteiger partial charge is 0.340 e. The average molecular weight is 184 g/mol. The second kappa shape index (κ2) is 5.19. The summed E-state index contributed by atoms with van der Waals surface area (Å²) in [6, 6.07) is 0. The quantitative estimate of drug-likeness (QED) is 0.611. The summed E-state index contributed by atoms with van der Waals surface area (Å²) < 4.78 is 0. The first-order valence-corrected chi connectivity index (χ1v) is 4.92. The lowest BCUT2D eigenvalue weighted by Gasteiger charge is -2.34. The van der Waals surface area contributed by atoms with Gasteiger partial charge in [0.15, 0.2) is 0 Å². The van der Waals surface area contributed by atoms with E-state index in [4.69, 9.17) is 5.73 Å². The van der Waals surface area contributed by atoms with Crippen LogP contribution >= 0.6 is 0 Å². The number of carbonyl (C=O) groups is 1. The minimum absolute atomic E-state index is 0.255. The van der Waals surface area contributed by atoms with Gasteiger partial charge in [0, 0.05) is 45.7 Å². The molecular weight excluding hydrogens is 166 g/mol. The number of hydrogen-bond donors (Lipinski definition) is 0. The van der Waals surface area contributed by atoms with Crippen molar-refractivity contribution < 1.29 is 4.79 Å². The van der Waals surface area contributed by atoms with Gasteiger partial charge in [-0.25, -0.2) is 0 Å². The van der Waals surface area contributed by atoms with E-state index in [1.807, 2.05) is 11.8 Å². The third-order valence-corrected chi connectivity index (χ3v) is 2.46. The molecule has 1 fully saturated rings. The van der Waals surface area contributed by atoms with Gasteiger partial charge in [-0.3, -0.25) is 15.4 Å². The molecule has 1 amide bonds. The predicted octanol–water partition coefficient (Wildman–Crippen LogP) is -0.176. The fourth-order valence-corrected chi connectivity index (χ4v) is 1.60. The Kier molecular flexibility index (Phi) is 4.18. The molecule has 0 atom stereocenters. The van der Waals surface area contributed by atoms with Crippen LogP contribution in [0.2, 0.25) is 0 Å². The molecule has 0 aromatic carbocycles. The Labute approximate surface area is 79.7 Å². The average Bonchev–Trinajstić information content (AvgIpc) is 2.18. The molecule has 0 aromatic heterocycles. The van der Waals surface area contributed by atoms with E-state index in [1.165, 1.54) is 0 Å². The molecule has 0 spiro atoms. The summed E-state index contributed by atoms with van der Waals surface area (Å²) in [6.45, 7) is 6.75. The zero-order chi connectivity index (χ0) is 9.68. The number of nitrogens with zero attached hydrogens (tertiary/aromatic N) is 2. The summed E-state index contributed by atoms with van der Waals surface area (Å²) in [5.41, 5.74) is 7.09. The zero-order valence-corrected chi connectivity index (χ0v) is 8.25. The van der Waals surface area contributed by atoms with Crippen molar-refractivity contribution in [3.8, 4) is 0 Å². The van der Waals surface area contributed by atoms with E-state index in [0.717, 1.165) is 32.7 Å². The van der Waals surface area contributed by atoms with Gasteiger partial charge in [0.1, 0.15) is 0 Å². The van der Waals surface area contributed by atoms with E-state index in [1.54, 1.807) is 0 Å². The first-order chi connectivity index (χ1) is 6.27. The molecule has 0 aromatic rings. The van der Waals surface area contributed by atoms with E-state index in [-0.39, 0.29) is 5.91 Å². The maximum absolute atomic E-state index is 11.3. The highest BCUT2D eigenvalue weighted by Crippen LogP contribution is 2.02. The summed E-state index contributed by atoms with van der Waals surface area (Å²) in [5, 5.41) is 0. The Bertz CT molecular complexity index is 164. The van der Waals surface area contributed by atoms with Gasteiger partial charge in [0.2, 0.25) is 5.91 Å². The SMILES string of the molecule is CCC(=O)N1CCN(CC[NH])CC1. The van der Waals surface area contributed by atoms with Crippen molar-refractivity contribution in [2.45, 2.75) is 13.3 Å². The van der Waals surface area contributed by atoms with Crippen LogP contribution < -0.4 is 5.73 Å². The molecule has 1 aliphatic heterocycles. The van der Waals surface area contributed by atoms with E-state index < -0.39 is 0 Å². The summed E-state index contributed by atoms with van der Waals surface area (Å²) in [4.78, 5) is 15.5. The predicted molar refractivity (Wildman–Crippen MR) is 51.3 cm³/mol. The standard InChI is InChI=1S/C9H18N3O/c1-2-9(13)12-7-5-11(4-3-10)6-8-12/h10H,2-8H2,1H3. The van der Waals surface area contributed by atoms with Crippen LogP contribution in [-0.4, -0.2) is 55.0 Å². The second-order valence-electron chi connectivity index (χ2n) is 3.33. The van der Waals surface area contributed by atoms with Crippen molar-refractivity contribution >= 4 is 5.91 Å². The summed E-state index contributed by atoms with van der Waals surface area (Å²) >= 11 is 0. The van der Waals surface area contributed by atoms with Crippen LogP contribution in [0.4, 0.5) is 0 Å². The molecule has 1 saturated heterocycles. The molecule has 4 nitrogen and oxygen atoms in total. The van der Waals surface area contributed by atoms with Gasteiger partial charge >= 0.3 is 0 Å². The zero-order valence-electron chi connectivity index (χ0n) is 8.25. The van der Waals surface area contributed by atoms with Gasteiger partial charge in [-0.2, -0.15) is 0 Å². The van der Waals surface area contributed by atoms with Crippen LogP contribution in [0.15, 0.2) is 0 Å². The van der Waals surface area contributed by atoms with E-state index in [2.05, 4.69) is 4.90 Å². The van der Waals surface area contributed by atoms with Crippen LogP contribution in [0.1, 0.15) is 13.3 Å². The van der Waals surface area contributed by atoms with Gasteiger partial charge < -0.3 is 4.90 Å².